The van der Waals surface area contributed by atoms with E-state index in [1.165, 1.54) is 0 Å². The van der Waals surface area contributed by atoms with Crippen molar-refractivity contribution in [2.75, 3.05) is 18.1 Å². The van der Waals surface area contributed by atoms with Crippen LogP contribution in [0.1, 0.15) is 19.3 Å². The van der Waals surface area contributed by atoms with Crippen molar-refractivity contribution in [2.45, 2.75) is 25.3 Å². The largest absolute Gasteiger partial charge is 0.394 e. The zero-order valence-corrected chi connectivity index (χ0v) is 10.1. The molecule has 0 spiro atoms. The van der Waals surface area contributed by atoms with Crippen molar-refractivity contribution in [1.29, 1.82) is 0 Å². The van der Waals surface area contributed by atoms with Crippen LogP contribution in [-0.4, -0.2) is 39.5 Å². The van der Waals surface area contributed by atoms with E-state index in [-0.39, 0.29) is 23.1 Å². The van der Waals surface area contributed by atoms with E-state index in [2.05, 4.69) is 15.2 Å². The zero-order valence-electron chi connectivity index (χ0n) is 8.60. The summed E-state index contributed by atoms with van der Waals surface area (Å²) in [6, 6.07) is 0.0408. The van der Waals surface area contributed by atoms with E-state index in [0.29, 0.717) is 5.82 Å². The lowest BCUT2D eigenvalue weighted by atomic mass is 10.0. The predicted molar refractivity (Wildman–Crippen MR) is 61.9 cm³/mol. The van der Waals surface area contributed by atoms with Crippen molar-refractivity contribution in [3.05, 3.63) is 10.4 Å². The summed E-state index contributed by atoms with van der Waals surface area (Å²) in [5, 5.41) is 16.9. The molecule has 2 rings (SSSR count). The monoisotopic (exact) mass is 262 g/mol. The van der Waals surface area contributed by atoms with Gasteiger partial charge in [0.1, 0.15) is 0 Å². The molecule has 0 aliphatic carbocycles. The van der Waals surface area contributed by atoms with Gasteiger partial charge in [-0.1, -0.05) is 11.6 Å². The Morgan fingerprint density at radius 2 is 2.12 bits per heavy atom. The Labute approximate surface area is 103 Å². The molecule has 88 valence electrons. The number of anilines is 1. The summed E-state index contributed by atoms with van der Waals surface area (Å²) in [5.41, 5.74) is 0. The summed E-state index contributed by atoms with van der Waals surface area (Å²) < 4.78 is 0. The SMILES string of the molecule is OCC1CCCCN1c1nc(Cl)nnc1Cl. The average Bonchev–Trinajstić information content (AvgIpc) is 2.32. The van der Waals surface area contributed by atoms with Gasteiger partial charge in [0.15, 0.2) is 11.0 Å². The summed E-state index contributed by atoms with van der Waals surface area (Å²) in [5.74, 6) is 0.514. The van der Waals surface area contributed by atoms with Crippen LogP contribution in [0.4, 0.5) is 5.82 Å². The van der Waals surface area contributed by atoms with Gasteiger partial charge >= 0.3 is 0 Å². The minimum Gasteiger partial charge on any atom is -0.394 e. The van der Waals surface area contributed by atoms with Crippen molar-refractivity contribution >= 4 is 29.0 Å². The second kappa shape index (κ2) is 5.12. The van der Waals surface area contributed by atoms with Crippen molar-refractivity contribution in [3.63, 3.8) is 0 Å². The van der Waals surface area contributed by atoms with E-state index in [1.807, 2.05) is 4.90 Å². The van der Waals surface area contributed by atoms with Crippen molar-refractivity contribution in [2.24, 2.45) is 0 Å². The molecule has 1 unspecified atom stereocenters. The number of hydrogen-bond donors (Lipinski definition) is 1. The Bertz CT molecular complexity index is 377. The zero-order chi connectivity index (χ0) is 11.5. The highest BCUT2D eigenvalue weighted by Crippen LogP contribution is 2.28. The molecule has 1 aromatic rings. The number of aromatic nitrogens is 3. The molecule has 1 atom stereocenters. The summed E-state index contributed by atoms with van der Waals surface area (Å²) in [7, 11) is 0. The van der Waals surface area contributed by atoms with Gasteiger partial charge in [0.2, 0.25) is 5.28 Å². The first-order valence-electron chi connectivity index (χ1n) is 5.15. The van der Waals surface area contributed by atoms with Gasteiger partial charge in [0, 0.05) is 6.54 Å². The number of nitrogens with zero attached hydrogens (tertiary/aromatic N) is 4. The smallest absolute Gasteiger partial charge is 0.245 e. The standard InChI is InChI=1S/C9H12Cl2N4O/c10-7-8(12-9(11)14-13-7)15-4-2-1-3-6(15)5-16/h6,16H,1-5H2. The van der Waals surface area contributed by atoms with Gasteiger partial charge in [-0.3, -0.25) is 0 Å². The van der Waals surface area contributed by atoms with Gasteiger partial charge in [-0.15, -0.1) is 10.2 Å². The highest BCUT2D eigenvalue weighted by atomic mass is 35.5. The molecule has 0 radical (unpaired) electrons. The third kappa shape index (κ3) is 2.36. The Morgan fingerprint density at radius 3 is 2.88 bits per heavy atom. The van der Waals surface area contributed by atoms with Crippen LogP contribution in [0.5, 0.6) is 0 Å². The molecule has 1 aliphatic rings. The molecular formula is C9H12Cl2N4O. The first-order chi connectivity index (χ1) is 7.72. The molecule has 1 aromatic heterocycles. The van der Waals surface area contributed by atoms with Gasteiger partial charge in [-0.2, -0.15) is 4.98 Å². The highest BCUT2D eigenvalue weighted by molar-refractivity contribution is 6.32. The van der Waals surface area contributed by atoms with Crippen LogP contribution >= 0.6 is 23.2 Å². The van der Waals surface area contributed by atoms with E-state index < -0.39 is 0 Å². The van der Waals surface area contributed by atoms with Crippen LogP contribution in [0.2, 0.25) is 10.4 Å². The van der Waals surface area contributed by atoms with Gasteiger partial charge in [-0.05, 0) is 30.9 Å². The highest BCUT2D eigenvalue weighted by Gasteiger charge is 2.25. The molecule has 1 aliphatic heterocycles. The number of hydrogen-bond acceptors (Lipinski definition) is 5. The number of halogens is 2. The van der Waals surface area contributed by atoms with E-state index in [1.54, 1.807) is 0 Å². The van der Waals surface area contributed by atoms with Crippen LogP contribution in [0.15, 0.2) is 0 Å². The third-order valence-corrected chi connectivity index (χ3v) is 3.12. The average molecular weight is 263 g/mol. The molecule has 2 heterocycles. The summed E-state index contributed by atoms with van der Waals surface area (Å²) in [6.45, 7) is 0.887. The first-order valence-corrected chi connectivity index (χ1v) is 5.91. The van der Waals surface area contributed by atoms with Crippen molar-refractivity contribution in [1.82, 2.24) is 15.2 Å². The van der Waals surface area contributed by atoms with Crippen LogP contribution in [0.25, 0.3) is 0 Å². The maximum atomic E-state index is 9.30. The molecule has 0 saturated carbocycles. The number of aliphatic hydroxyl groups is 1. The molecule has 16 heavy (non-hydrogen) atoms. The lowest BCUT2D eigenvalue weighted by Crippen LogP contribution is -2.42. The summed E-state index contributed by atoms with van der Waals surface area (Å²) in [4.78, 5) is 6.02. The Balaban J connectivity index is 2.30. The maximum Gasteiger partial charge on any atom is 0.245 e. The Morgan fingerprint density at radius 1 is 1.31 bits per heavy atom. The lowest BCUT2D eigenvalue weighted by molar-refractivity contribution is 0.239. The molecule has 0 aromatic carbocycles. The molecule has 1 N–H and O–H groups in total. The van der Waals surface area contributed by atoms with E-state index in [9.17, 15) is 5.11 Å². The molecule has 5 nitrogen and oxygen atoms in total. The fourth-order valence-corrected chi connectivity index (χ4v) is 2.24. The molecular weight excluding hydrogens is 251 g/mol. The van der Waals surface area contributed by atoms with Crippen molar-refractivity contribution < 1.29 is 5.11 Å². The molecule has 1 fully saturated rings. The van der Waals surface area contributed by atoms with Gasteiger partial charge in [0.25, 0.3) is 0 Å². The van der Waals surface area contributed by atoms with Gasteiger partial charge < -0.3 is 10.0 Å². The predicted octanol–water partition coefficient (Wildman–Crippen LogP) is 1.53. The van der Waals surface area contributed by atoms with Crippen molar-refractivity contribution in [3.8, 4) is 0 Å². The van der Waals surface area contributed by atoms with E-state index in [0.717, 1.165) is 25.8 Å². The topological polar surface area (TPSA) is 62.1 Å². The molecule has 0 bridgehead atoms. The van der Waals surface area contributed by atoms with E-state index in [4.69, 9.17) is 23.2 Å². The minimum atomic E-state index is 0.0408. The van der Waals surface area contributed by atoms with Crippen LogP contribution < -0.4 is 4.90 Å². The summed E-state index contributed by atoms with van der Waals surface area (Å²) >= 11 is 11.6. The van der Waals surface area contributed by atoms with Crippen LogP contribution in [0.3, 0.4) is 0 Å². The second-order valence-electron chi connectivity index (χ2n) is 3.72. The quantitative estimate of drug-likeness (QED) is 0.876. The fraction of sp³-hybridized carbons (Fsp3) is 0.667. The fourth-order valence-electron chi connectivity index (χ4n) is 1.94. The molecule has 0 amide bonds. The maximum absolute atomic E-state index is 9.30. The number of piperidine rings is 1. The lowest BCUT2D eigenvalue weighted by Gasteiger charge is -2.35. The molecule has 1 saturated heterocycles. The van der Waals surface area contributed by atoms with Gasteiger partial charge in [-0.25, -0.2) is 0 Å². The molecule has 7 heteroatoms. The van der Waals surface area contributed by atoms with Crippen LogP contribution in [0, 0.1) is 0 Å². The van der Waals surface area contributed by atoms with Crippen LogP contribution in [-0.2, 0) is 0 Å². The Hall–Kier alpha value is -0.650. The number of aliphatic hydroxyl groups excluding tert-OH is 1. The first kappa shape index (κ1) is 11.8. The third-order valence-electron chi connectivity index (χ3n) is 2.71. The van der Waals surface area contributed by atoms with E-state index >= 15 is 0 Å². The Kier molecular flexibility index (Phi) is 3.78. The normalized spacial score (nSPS) is 21.2. The minimum absolute atomic E-state index is 0.0408. The van der Waals surface area contributed by atoms with Gasteiger partial charge in [0.05, 0.1) is 12.6 Å². The summed E-state index contributed by atoms with van der Waals surface area (Å²) in [6.07, 6.45) is 3.08. The second-order valence-corrected chi connectivity index (χ2v) is 4.42. The number of rotatable bonds is 2.